The van der Waals surface area contributed by atoms with Crippen molar-refractivity contribution in [1.29, 1.82) is 0 Å². The third-order valence-electron chi connectivity index (χ3n) is 2.94. The lowest BCUT2D eigenvalue weighted by Crippen LogP contribution is -2.23. The van der Waals surface area contributed by atoms with Crippen molar-refractivity contribution in [2.24, 2.45) is 0 Å². The predicted molar refractivity (Wildman–Crippen MR) is 67.5 cm³/mol. The minimum absolute atomic E-state index is 0.0427. The molecule has 0 saturated carbocycles. The fraction of sp³-hybridized carbons (Fsp3) is 0.600. The zero-order chi connectivity index (χ0) is 12.6. The number of rotatable bonds is 1. The van der Waals surface area contributed by atoms with Crippen LogP contribution in [0.4, 0.5) is 0 Å². The van der Waals surface area contributed by atoms with Crippen LogP contribution in [0.3, 0.4) is 0 Å². The van der Waals surface area contributed by atoms with Crippen LogP contribution in [0.25, 0.3) is 0 Å². The van der Waals surface area contributed by atoms with Crippen LogP contribution >= 0.6 is 0 Å². The highest BCUT2D eigenvalue weighted by Gasteiger charge is 2.22. The van der Waals surface area contributed by atoms with Crippen molar-refractivity contribution in [1.82, 2.24) is 0 Å². The van der Waals surface area contributed by atoms with Gasteiger partial charge >= 0.3 is 0 Å². The first kappa shape index (κ1) is 13.2. The monoisotopic (exact) mass is 219 g/mol. The van der Waals surface area contributed by atoms with Crippen molar-refractivity contribution in [2.45, 2.75) is 59.0 Å². The van der Waals surface area contributed by atoms with E-state index in [4.69, 9.17) is 0 Å². The first-order valence-corrected chi connectivity index (χ1v) is 5.89. The molecule has 0 N–H and O–H groups in total. The minimum atomic E-state index is -0.125. The van der Waals surface area contributed by atoms with Crippen LogP contribution in [0.5, 0.6) is 0 Å². The van der Waals surface area contributed by atoms with Gasteiger partial charge in [-0.15, -0.1) is 6.61 Å². The largest absolute Gasteiger partial charge is 0.851 e. The molecule has 1 aromatic carbocycles. The molecule has 1 rings (SSSR count). The SMILES string of the molecule is CC(C)(C)c1cccc(C(C)(C)C)c1C[O-]. The summed E-state index contributed by atoms with van der Waals surface area (Å²) in [5.41, 5.74) is 3.45. The molecule has 0 unspecified atom stereocenters. The van der Waals surface area contributed by atoms with Crippen molar-refractivity contribution in [3.63, 3.8) is 0 Å². The van der Waals surface area contributed by atoms with Gasteiger partial charge in [0.25, 0.3) is 0 Å². The van der Waals surface area contributed by atoms with E-state index in [1.54, 1.807) is 0 Å². The highest BCUT2D eigenvalue weighted by molar-refractivity contribution is 5.42. The average Bonchev–Trinajstić information content (AvgIpc) is 2.13. The van der Waals surface area contributed by atoms with Crippen LogP contribution in [-0.4, -0.2) is 0 Å². The maximum absolute atomic E-state index is 11.5. The van der Waals surface area contributed by atoms with E-state index < -0.39 is 0 Å². The molecule has 90 valence electrons. The van der Waals surface area contributed by atoms with E-state index in [9.17, 15) is 5.11 Å². The van der Waals surface area contributed by atoms with Gasteiger partial charge in [0.05, 0.1) is 0 Å². The lowest BCUT2D eigenvalue weighted by molar-refractivity contribution is -0.386. The van der Waals surface area contributed by atoms with E-state index in [1.807, 2.05) is 0 Å². The standard InChI is InChI=1S/C15H23O/c1-14(2,3)12-8-7-9-13(11(12)10-16)15(4,5)6/h7-9H,10H2,1-6H3/q-1. The topological polar surface area (TPSA) is 23.1 Å². The van der Waals surface area contributed by atoms with Gasteiger partial charge in [-0.1, -0.05) is 65.3 Å². The van der Waals surface area contributed by atoms with Gasteiger partial charge in [-0.05, 0) is 22.0 Å². The van der Waals surface area contributed by atoms with Gasteiger partial charge in [0.15, 0.2) is 0 Å². The Kier molecular flexibility index (Phi) is 3.49. The molecule has 1 aromatic rings. The molecule has 0 aliphatic rings. The summed E-state index contributed by atoms with van der Waals surface area (Å²) in [5, 5.41) is 11.5. The van der Waals surface area contributed by atoms with Gasteiger partial charge in [0.2, 0.25) is 0 Å². The van der Waals surface area contributed by atoms with Crippen molar-refractivity contribution in [3.05, 3.63) is 34.9 Å². The highest BCUT2D eigenvalue weighted by atomic mass is 16.3. The van der Waals surface area contributed by atoms with Crippen molar-refractivity contribution in [3.8, 4) is 0 Å². The second-order valence-electron chi connectivity index (χ2n) is 6.48. The minimum Gasteiger partial charge on any atom is -0.851 e. The summed E-state index contributed by atoms with van der Waals surface area (Å²) in [7, 11) is 0. The second-order valence-corrected chi connectivity index (χ2v) is 6.48. The van der Waals surface area contributed by atoms with E-state index in [-0.39, 0.29) is 17.4 Å². The quantitative estimate of drug-likeness (QED) is 0.711. The molecule has 1 nitrogen and oxygen atoms in total. The second kappa shape index (κ2) is 4.21. The van der Waals surface area contributed by atoms with E-state index in [1.165, 1.54) is 11.1 Å². The first-order valence-electron chi connectivity index (χ1n) is 5.89. The Bertz CT molecular complexity index is 332. The zero-order valence-corrected chi connectivity index (χ0v) is 11.3. The first-order chi connectivity index (χ1) is 7.18. The number of benzene rings is 1. The molecule has 0 aliphatic carbocycles. The molecule has 0 aliphatic heterocycles. The molecule has 0 amide bonds. The van der Waals surface area contributed by atoms with Crippen LogP contribution in [0.2, 0.25) is 0 Å². The van der Waals surface area contributed by atoms with Crippen LogP contribution in [0, 0.1) is 0 Å². The summed E-state index contributed by atoms with van der Waals surface area (Å²) >= 11 is 0. The zero-order valence-electron chi connectivity index (χ0n) is 11.3. The molecular weight excluding hydrogens is 196 g/mol. The van der Waals surface area contributed by atoms with Gasteiger partial charge in [0.1, 0.15) is 0 Å². The molecule has 0 bridgehead atoms. The van der Waals surface area contributed by atoms with E-state index >= 15 is 0 Å². The maximum Gasteiger partial charge on any atom is -0.0130 e. The molecule has 1 heteroatoms. The number of hydrogen-bond acceptors (Lipinski definition) is 1. The predicted octanol–water partition coefficient (Wildman–Crippen LogP) is 3.14. The van der Waals surface area contributed by atoms with Gasteiger partial charge in [-0.2, -0.15) is 0 Å². The molecule has 0 atom stereocenters. The van der Waals surface area contributed by atoms with Crippen LogP contribution < -0.4 is 5.11 Å². The summed E-state index contributed by atoms with van der Waals surface area (Å²) in [6, 6.07) is 6.24. The number of hydrogen-bond donors (Lipinski definition) is 0. The van der Waals surface area contributed by atoms with Gasteiger partial charge in [-0.3, -0.25) is 0 Å². The molecule has 0 spiro atoms. The van der Waals surface area contributed by atoms with Crippen LogP contribution in [-0.2, 0) is 17.4 Å². The smallest absolute Gasteiger partial charge is 0.0130 e. The lowest BCUT2D eigenvalue weighted by Gasteiger charge is -2.31. The third-order valence-corrected chi connectivity index (χ3v) is 2.94. The van der Waals surface area contributed by atoms with Crippen molar-refractivity contribution < 1.29 is 5.11 Å². The maximum atomic E-state index is 11.5. The Hall–Kier alpha value is -0.820. The van der Waals surface area contributed by atoms with Gasteiger partial charge in [-0.25, -0.2) is 0 Å². The molecule has 0 saturated heterocycles. The summed E-state index contributed by atoms with van der Waals surface area (Å²) in [6.07, 6.45) is 0. The Balaban J connectivity index is 3.45. The molecule has 0 aromatic heterocycles. The Morgan fingerprint density at radius 1 is 0.875 bits per heavy atom. The third kappa shape index (κ3) is 2.65. The normalized spacial score (nSPS) is 12.9. The van der Waals surface area contributed by atoms with Crippen molar-refractivity contribution in [2.75, 3.05) is 0 Å². The lowest BCUT2D eigenvalue weighted by atomic mass is 9.76. The molecule has 16 heavy (non-hydrogen) atoms. The van der Waals surface area contributed by atoms with E-state index in [0.29, 0.717) is 0 Å². The molecular formula is C15H23O-. The fourth-order valence-corrected chi connectivity index (χ4v) is 2.15. The summed E-state index contributed by atoms with van der Waals surface area (Å²) < 4.78 is 0. The Morgan fingerprint density at radius 2 is 1.25 bits per heavy atom. The summed E-state index contributed by atoms with van der Waals surface area (Å²) in [6.45, 7) is 12.8. The van der Waals surface area contributed by atoms with Crippen molar-refractivity contribution >= 4 is 0 Å². The van der Waals surface area contributed by atoms with E-state index in [2.05, 4.69) is 59.7 Å². The van der Waals surface area contributed by atoms with Gasteiger partial charge in [0, 0.05) is 0 Å². The van der Waals surface area contributed by atoms with Crippen LogP contribution in [0.1, 0.15) is 58.2 Å². The van der Waals surface area contributed by atoms with Gasteiger partial charge < -0.3 is 5.11 Å². The average molecular weight is 219 g/mol. The molecule has 0 radical (unpaired) electrons. The highest BCUT2D eigenvalue weighted by Crippen LogP contribution is 2.33. The van der Waals surface area contributed by atoms with Crippen LogP contribution in [0.15, 0.2) is 18.2 Å². The van der Waals surface area contributed by atoms with E-state index in [0.717, 1.165) is 5.56 Å². The fourth-order valence-electron chi connectivity index (χ4n) is 2.15. The molecule has 0 heterocycles. The summed E-state index contributed by atoms with van der Waals surface area (Å²) in [5.74, 6) is 0. The molecule has 0 fully saturated rings. The summed E-state index contributed by atoms with van der Waals surface area (Å²) in [4.78, 5) is 0. The Morgan fingerprint density at radius 3 is 1.50 bits per heavy atom. The Labute approximate surface area is 99.5 Å².